The Morgan fingerprint density at radius 3 is 2.42 bits per heavy atom. The van der Waals surface area contributed by atoms with Crippen molar-refractivity contribution in [3.63, 3.8) is 0 Å². The lowest BCUT2D eigenvalue weighted by Gasteiger charge is -2.14. The first kappa shape index (κ1) is 15.6. The lowest BCUT2D eigenvalue weighted by Crippen LogP contribution is -2.18. The highest BCUT2D eigenvalue weighted by Gasteiger charge is 2.16. The highest BCUT2D eigenvalue weighted by Crippen LogP contribution is 2.24. The Kier molecular flexibility index (Phi) is 3.95. The number of hydrogen-bond donors (Lipinski definition) is 1. The molecule has 0 unspecified atom stereocenters. The molecule has 6 nitrogen and oxygen atoms in total. The largest absolute Gasteiger partial charge is 0.497 e. The number of carbonyl (C=O) groups is 1. The summed E-state index contributed by atoms with van der Waals surface area (Å²) in [6.45, 7) is 0. The zero-order valence-electron chi connectivity index (χ0n) is 13.1. The molecule has 3 aromatic rings. The van der Waals surface area contributed by atoms with E-state index in [1.807, 2.05) is 0 Å². The van der Waals surface area contributed by atoms with Crippen molar-refractivity contribution in [1.82, 2.24) is 4.57 Å². The van der Waals surface area contributed by atoms with Crippen LogP contribution in [0, 0.1) is 0 Å². The molecule has 0 aliphatic rings. The number of benzene rings is 2. The van der Waals surface area contributed by atoms with Gasteiger partial charge in [0.15, 0.2) is 0 Å². The van der Waals surface area contributed by atoms with Gasteiger partial charge in [-0.05, 0) is 24.3 Å². The third-order valence-electron chi connectivity index (χ3n) is 3.77. The van der Waals surface area contributed by atoms with Gasteiger partial charge in [0, 0.05) is 29.4 Å². The Morgan fingerprint density at radius 1 is 1.04 bits per heavy atom. The normalized spacial score (nSPS) is 10.6. The molecule has 0 bridgehead atoms. The molecule has 0 radical (unpaired) electrons. The number of hydrogen-bond acceptors (Lipinski definition) is 4. The molecule has 0 amide bonds. The van der Waals surface area contributed by atoms with Gasteiger partial charge in [0.1, 0.15) is 17.1 Å². The Morgan fingerprint density at radius 2 is 1.75 bits per heavy atom. The van der Waals surface area contributed by atoms with Crippen molar-refractivity contribution in [3.05, 3.63) is 64.4 Å². The molecule has 6 heteroatoms. The van der Waals surface area contributed by atoms with E-state index >= 15 is 0 Å². The van der Waals surface area contributed by atoms with E-state index in [0.29, 0.717) is 28.1 Å². The number of pyridine rings is 1. The maximum atomic E-state index is 12.4. The van der Waals surface area contributed by atoms with Crippen LogP contribution in [-0.2, 0) is 0 Å². The fourth-order valence-corrected chi connectivity index (χ4v) is 2.56. The summed E-state index contributed by atoms with van der Waals surface area (Å²) < 4.78 is 12.1. The molecule has 1 aromatic heterocycles. The van der Waals surface area contributed by atoms with Crippen LogP contribution in [0.3, 0.4) is 0 Å². The zero-order valence-corrected chi connectivity index (χ0v) is 13.1. The van der Waals surface area contributed by atoms with Crippen LogP contribution in [0.4, 0.5) is 0 Å². The monoisotopic (exact) mass is 325 g/mol. The molecule has 1 N–H and O–H groups in total. The molecule has 0 atom stereocenters. The van der Waals surface area contributed by atoms with Crippen LogP contribution in [0.25, 0.3) is 16.6 Å². The zero-order chi connectivity index (χ0) is 17.3. The molecule has 0 spiro atoms. The smallest absolute Gasteiger partial charge is 0.341 e. The minimum atomic E-state index is -1.27. The number of ether oxygens (including phenoxy) is 2. The van der Waals surface area contributed by atoms with Gasteiger partial charge in [-0.15, -0.1) is 0 Å². The first-order valence-corrected chi connectivity index (χ1v) is 7.16. The molecular formula is C18H15NO5. The second kappa shape index (κ2) is 6.08. The third-order valence-corrected chi connectivity index (χ3v) is 3.77. The molecule has 122 valence electrons. The van der Waals surface area contributed by atoms with Crippen LogP contribution in [0.5, 0.6) is 11.5 Å². The van der Waals surface area contributed by atoms with E-state index in [1.165, 1.54) is 13.3 Å². The number of rotatable bonds is 4. The quantitative estimate of drug-likeness (QED) is 0.798. The van der Waals surface area contributed by atoms with Gasteiger partial charge in [-0.25, -0.2) is 4.79 Å². The summed E-state index contributed by atoms with van der Waals surface area (Å²) in [5.41, 5.74) is 0.405. The van der Waals surface area contributed by atoms with Crippen LogP contribution < -0.4 is 14.9 Å². The van der Waals surface area contributed by atoms with E-state index in [9.17, 15) is 14.7 Å². The summed E-state index contributed by atoms with van der Waals surface area (Å²) in [5.74, 6) is -0.0740. The summed E-state index contributed by atoms with van der Waals surface area (Å²) in [5, 5.41) is 9.64. The molecule has 3 rings (SSSR count). The fourth-order valence-electron chi connectivity index (χ4n) is 2.56. The predicted molar refractivity (Wildman–Crippen MR) is 89.6 cm³/mol. The van der Waals surface area contributed by atoms with E-state index in [-0.39, 0.29) is 5.56 Å². The highest BCUT2D eigenvalue weighted by molar-refractivity contribution is 5.93. The Bertz CT molecular complexity index is 990. The van der Waals surface area contributed by atoms with E-state index in [4.69, 9.17) is 9.47 Å². The number of fused-ring (bicyclic) bond motifs is 1. The summed E-state index contributed by atoms with van der Waals surface area (Å²) >= 11 is 0. The Balaban J connectivity index is 2.41. The van der Waals surface area contributed by atoms with Gasteiger partial charge in [0.2, 0.25) is 5.43 Å². The minimum Gasteiger partial charge on any atom is -0.497 e. The first-order chi connectivity index (χ1) is 11.5. The average Bonchev–Trinajstić information content (AvgIpc) is 2.61. The molecule has 0 fully saturated rings. The molecule has 2 aromatic carbocycles. The van der Waals surface area contributed by atoms with Gasteiger partial charge >= 0.3 is 5.97 Å². The molecule has 0 saturated carbocycles. The van der Waals surface area contributed by atoms with Gasteiger partial charge in [0.05, 0.1) is 19.7 Å². The third kappa shape index (κ3) is 2.58. The van der Waals surface area contributed by atoms with Crippen LogP contribution in [0.1, 0.15) is 10.4 Å². The number of nitrogens with zero attached hydrogens (tertiary/aromatic N) is 1. The Labute approximate surface area is 137 Å². The van der Waals surface area contributed by atoms with Crippen molar-refractivity contribution in [2.75, 3.05) is 14.2 Å². The maximum Gasteiger partial charge on any atom is 0.341 e. The van der Waals surface area contributed by atoms with Crippen LogP contribution in [0.15, 0.2) is 53.5 Å². The standard InChI is InChI=1S/C18H15NO5/c1-23-12-5-3-4-11(8-12)19-10-15(18(21)22)17(20)14-7-6-13(24-2)9-16(14)19/h3-10H,1-2H3,(H,21,22). The first-order valence-electron chi connectivity index (χ1n) is 7.16. The number of carboxylic acids is 1. The van der Waals surface area contributed by atoms with Crippen LogP contribution in [-0.4, -0.2) is 29.9 Å². The van der Waals surface area contributed by atoms with Gasteiger partial charge in [-0.3, -0.25) is 4.79 Å². The SMILES string of the molecule is COc1cccc(-n2cc(C(=O)O)c(=O)c3ccc(OC)cc32)c1. The molecular weight excluding hydrogens is 310 g/mol. The van der Waals surface area contributed by atoms with Crippen molar-refractivity contribution in [2.45, 2.75) is 0 Å². The summed E-state index contributed by atoms with van der Waals surface area (Å²) in [7, 11) is 3.08. The maximum absolute atomic E-state index is 12.4. The number of aromatic carboxylic acids is 1. The van der Waals surface area contributed by atoms with Gasteiger partial charge in [-0.2, -0.15) is 0 Å². The number of methoxy groups -OCH3 is 2. The second-order valence-electron chi connectivity index (χ2n) is 5.13. The van der Waals surface area contributed by atoms with E-state index in [0.717, 1.165) is 0 Å². The lowest BCUT2D eigenvalue weighted by atomic mass is 10.1. The second-order valence-corrected chi connectivity index (χ2v) is 5.13. The summed E-state index contributed by atoms with van der Waals surface area (Å²) in [6.07, 6.45) is 1.32. The topological polar surface area (TPSA) is 77.8 Å². The summed E-state index contributed by atoms with van der Waals surface area (Å²) in [4.78, 5) is 23.8. The van der Waals surface area contributed by atoms with Crippen molar-refractivity contribution in [1.29, 1.82) is 0 Å². The van der Waals surface area contributed by atoms with Gasteiger partial charge < -0.3 is 19.1 Å². The van der Waals surface area contributed by atoms with Gasteiger partial charge in [0.25, 0.3) is 0 Å². The highest BCUT2D eigenvalue weighted by atomic mass is 16.5. The summed E-state index contributed by atoms with van der Waals surface area (Å²) in [6, 6.07) is 12.0. The molecule has 0 aliphatic heterocycles. The van der Waals surface area contributed by atoms with Gasteiger partial charge in [-0.1, -0.05) is 6.07 Å². The van der Waals surface area contributed by atoms with E-state index in [2.05, 4.69) is 0 Å². The fraction of sp³-hybridized carbons (Fsp3) is 0.111. The van der Waals surface area contributed by atoms with Crippen molar-refractivity contribution < 1.29 is 19.4 Å². The molecule has 24 heavy (non-hydrogen) atoms. The van der Waals surface area contributed by atoms with E-state index < -0.39 is 11.4 Å². The molecule has 0 saturated heterocycles. The lowest BCUT2D eigenvalue weighted by molar-refractivity contribution is 0.0695. The number of carboxylic acid groups (broad SMARTS) is 1. The molecule has 0 aliphatic carbocycles. The van der Waals surface area contributed by atoms with Crippen molar-refractivity contribution >= 4 is 16.9 Å². The van der Waals surface area contributed by atoms with Crippen LogP contribution >= 0.6 is 0 Å². The average molecular weight is 325 g/mol. The number of aromatic nitrogens is 1. The molecule has 1 heterocycles. The van der Waals surface area contributed by atoms with Crippen LogP contribution in [0.2, 0.25) is 0 Å². The Hall–Kier alpha value is -3.28. The van der Waals surface area contributed by atoms with Crippen molar-refractivity contribution in [3.8, 4) is 17.2 Å². The predicted octanol–water partition coefficient (Wildman–Crippen LogP) is 2.71. The minimum absolute atomic E-state index is 0.296. The van der Waals surface area contributed by atoms with E-state index in [1.54, 1.807) is 54.1 Å². The van der Waals surface area contributed by atoms with Crippen molar-refractivity contribution in [2.24, 2.45) is 0 Å².